The minimum absolute atomic E-state index is 0.414. The summed E-state index contributed by atoms with van der Waals surface area (Å²) in [5, 5.41) is 15.5. The molecule has 0 spiro atoms. The zero-order chi connectivity index (χ0) is 11.4. The largest absolute Gasteiger partial charge is 0.341 e. The first-order chi connectivity index (χ1) is 7.02. The van der Waals surface area contributed by atoms with Gasteiger partial charge in [-0.05, 0) is 26.9 Å². The molecule has 0 saturated carbocycles. The second-order valence-electron chi connectivity index (χ2n) is 4.11. The van der Waals surface area contributed by atoms with Crippen LogP contribution >= 0.6 is 0 Å². The van der Waals surface area contributed by atoms with Crippen LogP contribution in [-0.2, 0) is 0 Å². The standard InChI is InChI=1S/C10H21N5/c1-9(11)14(3)10(12)15-6-4-5-13(2)7-8-15/h11-12H,4-8H2,1-3H3. The van der Waals surface area contributed by atoms with Crippen molar-refractivity contribution >= 4 is 11.8 Å². The molecule has 1 saturated heterocycles. The molecule has 0 amide bonds. The quantitative estimate of drug-likeness (QED) is 0.453. The summed E-state index contributed by atoms with van der Waals surface area (Å²) in [6.07, 6.45) is 1.09. The molecule has 0 atom stereocenters. The lowest BCUT2D eigenvalue weighted by Gasteiger charge is -2.29. The summed E-state index contributed by atoms with van der Waals surface area (Å²) in [5.74, 6) is 0.857. The van der Waals surface area contributed by atoms with E-state index in [4.69, 9.17) is 10.8 Å². The normalized spacial score (nSPS) is 18.5. The van der Waals surface area contributed by atoms with Gasteiger partial charge in [-0.3, -0.25) is 10.8 Å². The molecule has 0 unspecified atom stereocenters. The van der Waals surface area contributed by atoms with E-state index in [9.17, 15) is 0 Å². The van der Waals surface area contributed by atoms with Gasteiger partial charge in [0, 0.05) is 26.7 Å². The average Bonchev–Trinajstić information content (AvgIpc) is 2.40. The molecule has 0 aliphatic carbocycles. The Morgan fingerprint density at radius 1 is 1.13 bits per heavy atom. The molecule has 1 heterocycles. The molecule has 0 aromatic heterocycles. The molecule has 1 fully saturated rings. The number of guanidine groups is 1. The van der Waals surface area contributed by atoms with Gasteiger partial charge in [-0.25, -0.2) is 0 Å². The monoisotopic (exact) mass is 211 g/mol. The van der Waals surface area contributed by atoms with Crippen LogP contribution in [0.5, 0.6) is 0 Å². The first kappa shape index (κ1) is 12.0. The van der Waals surface area contributed by atoms with Gasteiger partial charge < -0.3 is 14.7 Å². The molecule has 0 bridgehead atoms. The van der Waals surface area contributed by atoms with E-state index < -0.39 is 0 Å². The maximum absolute atomic E-state index is 7.98. The Balaban J connectivity index is 2.55. The molecule has 15 heavy (non-hydrogen) atoms. The molecule has 1 rings (SSSR count). The van der Waals surface area contributed by atoms with Gasteiger partial charge in [-0.15, -0.1) is 0 Å². The third kappa shape index (κ3) is 3.20. The lowest BCUT2D eigenvalue weighted by Crippen LogP contribution is -2.45. The van der Waals surface area contributed by atoms with Crippen LogP contribution < -0.4 is 0 Å². The summed E-state index contributed by atoms with van der Waals surface area (Å²) in [6, 6.07) is 0. The number of rotatable bonds is 0. The van der Waals surface area contributed by atoms with Crippen LogP contribution in [0.4, 0.5) is 0 Å². The smallest absolute Gasteiger partial charge is 0.198 e. The molecule has 0 radical (unpaired) electrons. The van der Waals surface area contributed by atoms with E-state index in [1.54, 1.807) is 18.9 Å². The van der Waals surface area contributed by atoms with Crippen molar-refractivity contribution < 1.29 is 0 Å². The van der Waals surface area contributed by atoms with Crippen molar-refractivity contribution in [3.05, 3.63) is 0 Å². The molecule has 0 aromatic rings. The molecular formula is C10H21N5. The predicted octanol–water partition coefficient (Wildman–Crippen LogP) is 0.488. The topological polar surface area (TPSA) is 57.4 Å². The third-order valence-electron chi connectivity index (χ3n) is 2.84. The van der Waals surface area contributed by atoms with E-state index in [1.165, 1.54) is 0 Å². The first-order valence-corrected chi connectivity index (χ1v) is 5.33. The molecule has 5 nitrogen and oxygen atoms in total. The minimum atomic E-state index is 0.414. The van der Waals surface area contributed by atoms with Crippen LogP contribution in [0.2, 0.25) is 0 Å². The molecule has 86 valence electrons. The van der Waals surface area contributed by atoms with Crippen LogP contribution in [0.1, 0.15) is 13.3 Å². The summed E-state index contributed by atoms with van der Waals surface area (Å²) >= 11 is 0. The van der Waals surface area contributed by atoms with Crippen molar-refractivity contribution in [2.45, 2.75) is 13.3 Å². The average molecular weight is 211 g/mol. The maximum Gasteiger partial charge on any atom is 0.198 e. The van der Waals surface area contributed by atoms with Crippen molar-refractivity contribution in [2.75, 3.05) is 40.3 Å². The number of likely N-dealkylation sites (N-methyl/N-ethyl adjacent to an activating group) is 1. The van der Waals surface area contributed by atoms with Crippen molar-refractivity contribution in [1.82, 2.24) is 14.7 Å². The van der Waals surface area contributed by atoms with Crippen molar-refractivity contribution in [3.63, 3.8) is 0 Å². The summed E-state index contributed by atoms with van der Waals surface area (Å²) in [7, 11) is 3.89. The van der Waals surface area contributed by atoms with Crippen molar-refractivity contribution in [3.8, 4) is 0 Å². The number of amidine groups is 1. The Hall–Kier alpha value is -1.10. The van der Waals surface area contributed by atoms with Gasteiger partial charge in [0.05, 0.1) is 5.84 Å². The Labute approximate surface area is 91.7 Å². The molecule has 0 aromatic carbocycles. The van der Waals surface area contributed by atoms with Gasteiger partial charge >= 0.3 is 0 Å². The molecule has 1 aliphatic heterocycles. The highest BCUT2D eigenvalue weighted by atomic mass is 15.4. The number of hydrogen-bond donors (Lipinski definition) is 2. The second kappa shape index (κ2) is 5.11. The van der Waals surface area contributed by atoms with Gasteiger partial charge in [-0.1, -0.05) is 0 Å². The van der Waals surface area contributed by atoms with Crippen LogP contribution in [0.25, 0.3) is 0 Å². The second-order valence-corrected chi connectivity index (χ2v) is 4.11. The van der Waals surface area contributed by atoms with E-state index in [-0.39, 0.29) is 0 Å². The lowest BCUT2D eigenvalue weighted by molar-refractivity contribution is 0.339. The zero-order valence-corrected chi connectivity index (χ0v) is 9.88. The van der Waals surface area contributed by atoms with Gasteiger partial charge in [0.2, 0.25) is 0 Å². The fourth-order valence-corrected chi connectivity index (χ4v) is 1.63. The minimum Gasteiger partial charge on any atom is -0.341 e. The van der Waals surface area contributed by atoms with Crippen molar-refractivity contribution in [1.29, 1.82) is 10.8 Å². The number of nitrogens with zero attached hydrogens (tertiary/aromatic N) is 3. The van der Waals surface area contributed by atoms with E-state index in [0.29, 0.717) is 11.8 Å². The summed E-state index contributed by atoms with van der Waals surface area (Å²) in [6.45, 7) is 5.59. The Morgan fingerprint density at radius 2 is 1.80 bits per heavy atom. The van der Waals surface area contributed by atoms with E-state index in [2.05, 4.69) is 11.9 Å². The highest BCUT2D eigenvalue weighted by Gasteiger charge is 2.18. The fraction of sp³-hybridized carbons (Fsp3) is 0.800. The highest BCUT2D eigenvalue weighted by Crippen LogP contribution is 2.03. The molecule has 2 N–H and O–H groups in total. The third-order valence-corrected chi connectivity index (χ3v) is 2.84. The number of nitrogens with one attached hydrogen (secondary N) is 2. The first-order valence-electron chi connectivity index (χ1n) is 5.33. The van der Waals surface area contributed by atoms with Crippen LogP contribution in [0.15, 0.2) is 0 Å². The van der Waals surface area contributed by atoms with Gasteiger partial charge in [0.15, 0.2) is 5.96 Å². The summed E-state index contributed by atoms with van der Waals surface area (Å²) in [5.41, 5.74) is 0. The Morgan fingerprint density at radius 3 is 2.40 bits per heavy atom. The predicted molar refractivity (Wildman–Crippen MR) is 62.6 cm³/mol. The van der Waals surface area contributed by atoms with Crippen molar-refractivity contribution in [2.24, 2.45) is 0 Å². The highest BCUT2D eigenvalue weighted by molar-refractivity contribution is 5.95. The van der Waals surface area contributed by atoms with E-state index in [0.717, 1.165) is 32.6 Å². The number of hydrogen-bond acceptors (Lipinski definition) is 3. The molecular weight excluding hydrogens is 190 g/mol. The van der Waals surface area contributed by atoms with Crippen LogP contribution in [0, 0.1) is 10.8 Å². The Kier molecular flexibility index (Phi) is 4.08. The van der Waals surface area contributed by atoms with Gasteiger partial charge in [0.25, 0.3) is 0 Å². The SMILES string of the molecule is CC(=N)N(C)C(=N)N1CCCN(C)CC1. The van der Waals surface area contributed by atoms with Crippen LogP contribution in [-0.4, -0.2) is 66.8 Å². The molecule has 5 heteroatoms. The summed E-state index contributed by atoms with van der Waals surface area (Å²) < 4.78 is 0. The van der Waals surface area contributed by atoms with Gasteiger partial charge in [0.1, 0.15) is 0 Å². The lowest BCUT2D eigenvalue weighted by atomic mass is 10.4. The van der Waals surface area contributed by atoms with E-state index >= 15 is 0 Å². The zero-order valence-electron chi connectivity index (χ0n) is 9.88. The maximum atomic E-state index is 7.98. The molecule has 1 aliphatic rings. The van der Waals surface area contributed by atoms with Gasteiger partial charge in [-0.2, -0.15) is 0 Å². The summed E-state index contributed by atoms with van der Waals surface area (Å²) in [4.78, 5) is 5.94. The Bertz CT molecular complexity index is 250. The fourth-order valence-electron chi connectivity index (χ4n) is 1.63. The van der Waals surface area contributed by atoms with Crippen LogP contribution in [0.3, 0.4) is 0 Å². The van der Waals surface area contributed by atoms with E-state index in [1.807, 2.05) is 4.90 Å².